The minimum Gasteiger partial charge on any atom is -0.478 e. The third kappa shape index (κ3) is 24.7. The Bertz CT molecular complexity index is 407. The molecule has 0 unspecified atom stereocenters. The highest BCUT2D eigenvalue weighted by Gasteiger charge is 1.94. The van der Waals surface area contributed by atoms with Crippen molar-refractivity contribution in [3.05, 3.63) is 36.5 Å². The highest BCUT2D eigenvalue weighted by atomic mass is 16.4. The van der Waals surface area contributed by atoms with Gasteiger partial charge >= 0.3 is 5.97 Å². The summed E-state index contributed by atoms with van der Waals surface area (Å²) in [6.07, 6.45) is 35.6. The summed E-state index contributed by atoms with van der Waals surface area (Å²) in [4.78, 5) is 10.3. The Balaban J connectivity index is 3.15. The Labute approximate surface area is 175 Å². The molecule has 0 heterocycles. The summed E-state index contributed by atoms with van der Waals surface area (Å²) in [6, 6.07) is 0. The first-order valence-corrected chi connectivity index (χ1v) is 12.0. The molecule has 0 radical (unpaired) electrons. The van der Waals surface area contributed by atoms with Gasteiger partial charge < -0.3 is 5.11 Å². The first-order chi connectivity index (χ1) is 13.8. The second-order valence-electron chi connectivity index (χ2n) is 7.96. The van der Waals surface area contributed by atoms with Gasteiger partial charge in [-0.3, -0.25) is 0 Å². The zero-order valence-electron chi connectivity index (χ0n) is 18.5. The predicted octanol–water partition coefficient (Wildman–Crippen LogP) is 8.78. The largest absolute Gasteiger partial charge is 0.478 e. The Hall–Kier alpha value is -1.31. The number of allylic oxidation sites excluding steroid dienone is 5. The Morgan fingerprint density at radius 2 is 0.964 bits per heavy atom. The van der Waals surface area contributed by atoms with E-state index in [2.05, 4.69) is 13.0 Å². The van der Waals surface area contributed by atoms with E-state index in [0.717, 1.165) is 12.5 Å². The highest BCUT2D eigenvalue weighted by molar-refractivity contribution is 5.80. The number of carboxylic acids is 1. The molecule has 0 saturated heterocycles. The van der Waals surface area contributed by atoms with E-state index < -0.39 is 5.97 Å². The highest BCUT2D eigenvalue weighted by Crippen LogP contribution is 2.14. The number of rotatable bonds is 21. The van der Waals surface area contributed by atoms with E-state index in [4.69, 9.17) is 5.11 Å². The van der Waals surface area contributed by atoms with Gasteiger partial charge in [0.1, 0.15) is 0 Å². The molecule has 0 aliphatic rings. The summed E-state index contributed by atoms with van der Waals surface area (Å²) in [5, 5.41) is 8.45. The second kappa shape index (κ2) is 23.7. The Morgan fingerprint density at radius 1 is 0.571 bits per heavy atom. The molecular weight excluding hydrogens is 344 g/mol. The van der Waals surface area contributed by atoms with Crippen LogP contribution in [0.1, 0.15) is 122 Å². The van der Waals surface area contributed by atoms with Crippen LogP contribution in [0.3, 0.4) is 0 Å². The summed E-state index contributed by atoms with van der Waals surface area (Å²) < 4.78 is 0. The van der Waals surface area contributed by atoms with Crippen molar-refractivity contribution in [1.29, 1.82) is 0 Å². The molecule has 28 heavy (non-hydrogen) atoms. The van der Waals surface area contributed by atoms with Crippen molar-refractivity contribution in [2.45, 2.75) is 122 Å². The molecule has 2 nitrogen and oxygen atoms in total. The van der Waals surface area contributed by atoms with E-state index in [1.54, 1.807) is 12.2 Å². The number of carboxylic acid groups (broad SMARTS) is 1. The Kier molecular flexibility index (Phi) is 22.6. The van der Waals surface area contributed by atoms with Crippen LogP contribution in [0.25, 0.3) is 0 Å². The van der Waals surface area contributed by atoms with Crippen molar-refractivity contribution >= 4 is 5.97 Å². The van der Waals surface area contributed by atoms with Crippen LogP contribution in [0.15, 0.2) is 36.5 Å². The molecule has 162 valence electrons. The van der Waals surface area contributed by atoms with Crippen molar-refractivity contribution in [3.8, 4) is 0 Å². The standard InChI is InChI=1S/C26H46O2/c1-2-3-4-5-6-7-8-9-10-11-12-13-14-15-16-17-18-19-20-21-22-23-24-25-26(27)28/h20-25H,2-19H2,1H3,(H,27,28)/b21-20+,23-22+,25-24+. The monoisotopic (exact) mass is 390 g/mol. The molecule has 0 bridgehead atoms. The van der Waals surface area contributed by atoms with Crippen molar-refractivity contribution in [1.82, 2.24) is 0 Å². The van der Waals surface area contributed by atoms with Gasteiger partial charge in [-0.2, -0.15) is 0 Å². The minimum atomic E-state index is -0.905. The lowest BCUT2D eigenvalue weighted by molar-refractivity contribution is -0.131. The van der Waals surface area contributed by atoms with Crippen molar-refractivity contribution in [2.75, 3.05) is 0 Å². The van der Waals surface area contributed by atoms with Gasteiger partial charge in [0, 0.05) is 6.08 Å². The van der Waals surface area contributed by atoms with Gasteiger partial charge in [0.05, 0.1) is 0 Å². The van der Waals surface area contributed by atoms with Crippen molar-refractivity contribution in [3.63, 3.8) is 0 Å². The van der Waals surface area contributed by atoms with E-state index in [-0.39, 0.29) is 0 Å². The van der Waals surface area contributed by atoms with Gasteiger partial charge in [-0.15, -0.1) is 0 Å². The lowest BCUT2D eigenvalue weighted by atomic mass is 10.0. The third-order valence-corrected chi connectivity index (χ3v) is 5.18. The average Bonchev–Trinajstić information content (AvgIpc) is 2.68. The maximum absolute atomic E-state index is 10.3. The van der Waals surface area contributed by atoms with Crippen molar-refractivity contribution in [2.24, 2.45) is 0 Å². The molecular formula is C26H46O2. The van der Waals surface area contributed by atoms with Crippen LogP contribution in [0.4, 0.5) is 0 Å². The van der Waals surface area contributed by atoms with Gasteiger partial charge in [0.2, 0.25) is 0 Å². The SMILES string of the molecule is CCCCCCCCCCCCCCCCCCC/C=C/C=C/C=C/C(=O)O. The number of hydrogen-bond acceptors (Lipinski definition) is 1. The molecule has 0 aromatic heterocycles. The van der Waals surface area contributed by atoms with Gasteiger partial charge in [0.25, 0.3) is 0 Å². The van der Waals surface area contributed by atoms with Crippen LogP contribution in [0.5, 0.6) is 0 Å². The van der Waals surface area contributed by atoms with E-state index in [0.29, 0.717) is 0 Å². The molecule has 0 amide bonds. The summed E-state index contributed by atoms with van der Waals surface area (Å²) in [5.41, 5.74) is 0. The minimum absolute atomic E-state index is 0.905. The Morgan fingerprint density at radius 3 is 1.39 bits per heavy atom. The van der Waals surface area contributed by atoms with Crippen LogP contribution in [0.2, 0.25) is 0 Å². The fraction of sp³-hybridized carbons (Fsp3) is 0.731. The summed E-state index contributed by atoms with van der Waals surface area (Å²) >= 11 is 0. The van der Waals surface area contributed by atoms with Gasteiger partial charge in [-0.25, -0.2) is 4.79 Å². The zero-order valence-corrected chi connectivity index (χ0v) is 18.5. The average molecular weight is 391 g/mol. The molecule has 0 aliphatic heterocycles. The molecule has 0 atom stereocenters. The van der Waals surface area contributed by atoms with E-state index in [1.165, 1.54) is 109 Å². The summed E-state index contributed by atoms with van der Waals surface area (Å²) in [7, 11) is 0. The zero-order chi connectivity index (χ0) is 20.5. The summed E-state index contributed by atoms with van der Waals surface area (Å²) in [6.45, 7) is 2.28. The van der Waals surface area contributed by atoms with Gasteiger partial charge in [-0.1, -0.05) is 140 Å². The molecule has 0 rings (SSSR count). The maximum Gasteiger partial charge on any atom is 0.328 e. The maximum atomic E-state index is 10.3. The first kappa shape index (κ1) is 26.7. The van der Waals surface area contributed by atoms with Gasteiger partial charge in [-0.05, 0) is 12.8 Å². The molecule has 2 heteroatoms. The molecule has 0 saturated carbocycles. The van der Waals surface area contributed by atoms with Gasteiger partial charge in [0.15, 0.2) is 0 Å². The topological polar surface area (TPSA) is 37.3 Å². The smallest absolute Gasteiger partial charge is 0.328 e. The fourth-order valence-corrected chi connectivity index (χ4v) is 3.43. The quantitative estimate of drug-likeness (QED) is 0.121. The van der Waals surface area contributed by atoms with Crippen LogP contribution in [0, 0.1) is 0 Å². The van der Waals surface area contributed by atoms with Crippen LogP contribution in [-0.2, 0) is 4.79 Å². The number of unbranched alkanes of at least 4 members (excludes halogenated alkanes) is 17. The van der Waals surface area contributed by atoms with Crippen LogP contribution >= 0.6 is 0 Å². The van der Waals surface area contributed by atoms with E-state index >= 15 is 0 Å². The summed E-state index contributed by atoms with van der Waals surface area (Å²) in [5.74, 6) is -0.905. The van der Waals surface area contributed by atoms with E-state index in [1.807, 2.05) is 12.2 Å². The molecule has 0 aromatic carbocycles. The number of aliphatic carboxylic acids is 1. The fourth-order valence-electron chi connectivity index (χ4n) is 3.43. The van der Waals surface area contributed by atoms with E-state index in [9.17, 15) is 4.79 Å². The first-order valence-electron chi connectivity index (χ1n) is 12.0. The number of hydrogen-bond donors (Lipinski definition) is 1. The molecule has 0 aromatic rings. The molecule has 0 fully saturated rings. The molecule has 1 N–H and O–H groups in total. The normalized spacial score (nSPS) is 12.0. The third-order valence-electron chi connectivity index (χ3n) is 5.18. The number of carbonyl (C=O) groups is 1. The van der Waals surface area contributed by atoms with Crippen molar-refractivity contribution < 1.29 is 9.90 Å². The second-order valence-corrected chi connectivity index (χ2v) is 7.96. The molecule has 0 aliphatic carbocycles. The predicted molar refractivity (Wildman–Crippen MR) is 124 cm³/mol. The lowest BCUT2D eigenvalue weighted by Gasteiger charge is -2.03. The lowest BCUT2D eigenvalue weighted by Crippen LogP contribution is -1.84. The van der Waals surface area contributed by atoms with Crippen LogP contribution in [-0.4, -0.2) is 11.1 Å². The van der Waals surface area contributed by atoms with Crippen LogP contribution < -0.4 is 0 Å². The molecule has 0 spiro atoms.